The summed E-state index contributed by atoms with van der Waals surface area (Å²) in [5.41, 5.74) is 8.51. The predicted octanol–water partition coefficient (Wildman–Crippen LogP) is 1.36. The molecule has 0 aromatic heterocycles. The fourth-order valence-electron chi connectivity index (χ4n) is 4.65. The third-order valence-corrected chi connectivity index (χ3v) is 6.67. The molecule has 0 saturated carbocycles. The number of carbonyl (C=O) groups excluding carboxylic acids is 1. The summed E-state index contributed by atoms with van der Waals surface area (Å²) >= 11 is 0. The fourth-order valence-corrected chi connectivity index (χ4v) is 4.65. The standard InChI is InChI=1S/C26H33NO2.Na/c1-25(2,3)20-11-18-14-26(4,5)10-9-22(18)23(13-20)17-7-6-8-21(12-17)27-15-19(16-27)24(28)29;/h6-8,11-13,19H,9-10,14-16H2,1-5H3,(H,28,29);/q;+1/p-1. The van der Waals surface area contributed by atoms with Crippen LogP contribution >= 0.6 is 0 Å². The van der Waals surface area contributed by atoms with Crippen LogP contribution in [0, 0.1) is 11.3 Å². The molecule has 0 bridgehead atoms. The average Bonchev–Trinajstić information content (AvgIpc) is 2.57. The van der Waals surface area contributed by atoms with Crippen molar-refractivity contribution in [2.24, 2.45) is 11.3 Å². The molecule has 1 saturated heterocycles. The van der Waals surface area contributed by atoms with Crippen molar-refractivity contribution >= 4 is 11.7 Å². The third-order valence-electron chi connectivity index (χ3n) is 6.67. The van der Waals surface area contributed by atoms with Gasteiger partial charge < -0.3 is 14.8 Å². The number of aliphatic carboxylic acids is 1. The van der Waals surface area contributed by atoms with Gasteiger partial charge >= 0.3 is 29.6 Å². The molecule has 0 amide bonds. The first-order valence-electron chi connectivity index (χ1n) is 10.8. The van der Waals surface area contributed by atoms with Crippen molar-refractivity contribution in [3.8, 4) is 11.1 Å². The number of hydrogen-bond acceptors (Lipinski definition) is 3. The van der Waals surface area contributed by atoms with E-state index in [-0.39, 0.29) is 40.9 Å². The Hall–Kier alpha value is -1.29. The van der Waals surface area contributed by atoms with Crippen molar-refractivity contribution in [3.05, 3.63) is 53.1 Å². The van der Waals surface area contributed by atoms with E-state index in [1.165, 1.54) is 34.2 Å². The van der Waals surface area contributed by atoms with E-state index in [1.54, 1.807) is 0 Å². The van der Waals surface area contributed by atoms with Crippen LogP contribution in [0.4, 0.5) is 5.69 Å². The fraction of sp³-hybridized carbons (Fsp3) is 0.500. The Morgan fingerprint density at radius 3 is 2.47 bits per heavy atom. The van der Waals surface area contributed by atoms with Gasteiger partial charge in [0, 0.05) is 30.7 Å². The molecule has 3 nitrogen and oxygen atoms in total. The maximum Gasteiger partial charge on any atom is 1.00 e. The van der Waals surface area contributed by atoms with Gasteiger partial charge in [-0.05, 0) is 70.0 Å². The number of hydrogen-bond donors (Lipinski definition) is 0. The van der Waals surface area contributed by atoms with E-state index in [9.17, 15) is 9.90 Å². The van der Waals surface area contributed by atoms with Gasteiger partial charge in [-0.2, -0.15) is 0 Å². The first-order chi connectivity index (χ1) is 13.5. The molecule has 2 aliphatic rings. The second kappa shape index (κ2) is 8.33. The molecule has 4 rings (SSSR count). The van der Waals surface area contributed by atoms with Gasteiger partial charge in [0.2, 0.25) is 0 Å². The van der Waals surface area contributed by atoms with Gasteiger partial charge in [-0.25, -0.2) is 0 Å². The van der Waals surface area contributed by atoms with Gasteiger partial charge in [0.05, 0.1) is 0 Å². The van der Waals surface area contributed by atoms with Crippen LogP contribution in [0.1, 0.15) is 57.7 Å². The number of anilines is 1. The molecule has 0 radical (unpaired) electrons. The zero-order chi connectivity index (χ0) is 21.0. The largest absolute Gasteiger partial charge is 1.00 e. The summed E-state index contributed by atoms with van der Waals surface area (Å²) in [4.78, 5) is 13.2. The van der Waals surface area contributed by atoms with Crippen LogP contribution in [0.2, 0.25) is 0 Å². The summed E-state index contributed by atoms with van der Waals surface area (Å²) in [7, 11) is 0. The molecule has 1 aliphatic heterocycles. The molecule has 4 heteroatoms. The van der Waals surface area contributed by atoms with E-state index in [4.69, 9.17) is 0 Å². The molecule has 0 spiro atoms. The summed E-state index contributed by atoms with van der Waals surface area (Å²) in [5, 5.41) is 11.1. The van der Waals surface area contributed by atoms with E-state index in [0.29, 0.717) is 18.5 Å². The first kappa shape index (κ1) is 23.4. The topological polar surface area (TPSA) is 43.4 Å². The van der Waals surface area contributed by atoms with Crippen molar-refractivity contribution in [1.29, 1.82) is 0 Å². The Bertz CT molecular complexity index is 952. The number of carbonyl (C=O) groups is 1. The average molecular weight is 414 g/mol. The smallest absolute Gasteiger partial charge is 0.550 e. The van der Waals surface area contributed by atoms with Crippen LogP contribution in [0.3, 0.4) is 0 Å². The van der Waals surface area contributed by atoms with Crippen LogP contribution in [0.15, 0.2) is 36.4 Å². The minimum absolute atomic E-state index is 0. The Morgan fingerprint density at radius 1 is 1.13 bits per heavy atom. The molecule has 1 aliphatic carbocycles. The molecule has 2 aromatic rings. The van der Waals surface area contributed by atoms with Gasteiger partial charge in [0.15, 0.2) is 0 Å². The number of fused-ring (bicyclic) bond motifs is 1. The molecular weight excluding hydrogens is 381 g/mol. The van der Waals surface area contributed by atoms with Crippen molar-refractivity contribution in [2.45, 2.75) is 59.3 Å². The van der Waals surface area contributed by atoms with E-state index in [0.717, 1.165) is 18.5 Å². The Balaban J connectivity index is 0.00000256. The van der Waals surface area contributed by atoms with E-state index < -0.39 is 5.97 Å². The first-order valence-corrected chi connectivity index (χ1v) is 10.8. The molecular formula is C26H32NNaO2. The van der Waals surface area contributed by atoms with E-state index in [2.05, 4.69) is 75.9 Å². The van der Waals surface area contributed by atoms with E-state index in [1.807, 2.05) is 0 Å². The molecule has 154 valence electrons. The van der Waals surface area contributed by atoms with Crippen LogP contribution in [0.5, 0.6) is 0 Å². The Labute approximate surface area is 203 Å². The number of rotatable bonds is 3. The number of benzene rings is 2. The Kier molecular flexibility index (Phi) is 6.49. The SMILES string of the molecule is CC1(C)CCc2c(cc(C(C)(C)C)cc2-c2cccc(N3CC(C(=O)[O-])C3)c2)C1.[Na+]. The van der Waals surface area contributed by atoms with Crippen LogP contribution in [-0.2, 0) is 23.1 Å². The number of carboxylic acid groups (broad SMARTS) is 1. The van der Waals surface area contributed by atoms with Gasteiger partial charge in [-0.1, -0.05) is 58.9 Å². The van der Waals surface area contributed by atoms with E-state index >= 15 is 0 Å². The van der Waals surface area contributed by atoms with Gasteiger partial charge in [0.25, 0.3) is 0 Å². The number of nitrogens with zero attached hydrogens (tertiary/aromatic N) is 1. The molecule has 1 heterocycles. The molecule has 30 heavy (non-hydrogen) atoms. The minimum atomic E-state index is -0.938. The molecule has 2 aromatic carbocycles. The maximum absolute atomic E-state index is 11.1. The van der Waals surface area contributed by atoms with Crippen molar-refractivity contribution in [2.75, 3.05) is 18.0 Å². The normalized spacial score (nSPS) is 18.2. The van der Waals surface area contributed by atoms with Crippen molar-refractivity contribution in [3.63, 3.8) is 0 Å². The van der Waals surface area contributed by atoms with Gasteiger partial charge in [0.1, 0.15) is 0 Å². The number of carboxylic acids is 1. The van der Waals surface area contributed by atoms with Crippen molar-refractivity contribution in [1.82, 2.24) is 0 Å². The molecule has 0 atom stereocenters. The zero-order valence-electron chi connectivity index (χ0n) is 19.3. The second-order valence-corrected chi connectivity index (χ2v) is 10.7. The molecule has 0 unspecified atom stereocenters. The monoisotopic (exact) mass is 413 g/mol. The maximum atomic E-state index is 11.1. The summed E-state index contributed by atoms with van der Waals surface area (Å²) < 4.78 is 0. The summed E-state index contributed by atoms with van der Waals surface area (Å²) in [6.45, 7) is 12.7. The summed E-state index contributed by atoms with van der Waals surface area (Å²) in [5.74, 6) is -1.29. The zero-order valence-corrected chi connectivity index (χ0v) is 21.3. The van der Waals surface area contributed by atoms with Gasteiger partial charge in [-0.3, -0.25) is 0 Å². The van der Waals surface area contributed by atoms with Crippen LogP contribution in [-0.4, -0.2) is 19.1 Å². The predicted molar refractivity (Wildman–Crippen MR) is 117 cm³/mol. The minimum Gasteiger partial charge on any atom is -0.550 e. The third kappa shape index (κ3) is 4.64. The molecule has 1 fully saturated rings. The second-order valence-electron chi connectivity index (χ2n) is 10.7. The van der Waals surface area contributed by atoms with Crippen LogP contribution in [0.25, 0.3) is 11.1 Å². The van der Waals surface area contributed by atoms with Crippen LogP contribution < -0.4 is 39.6 Å². The van der Waals surface area contributed by atoms with Crippen molar-refractivity contribution < 1.29 is 39.5 Å². The Morgan fingerprint density at radius 2 is 1.83 bits per heavy atom. The summed E-state index contributed by atoms with van der Waals surface area (Å²) in [6, 6.07) is 13.4. The van der Waals surface area contributed by atoms with Gasteiger partial charge in [-0.15, -0.1) is 0 Å². The summed E-state index contributed by atoms with van der Waals surface area (Å²) in [6.07, 6.45) is 3.45. The molecule has 0 N–H and O–H groups in total. The quantitative estimate of drug-likeness (QED) is 0.714.